The van der Waals surface area contributed by atoms with E-state index < -0.39 is 5.41 Å². The van der Waals surface area contributed by atoms with E-state index in [0.29, 0.717) is 18.8 Å². The maximum absolute atomic E-state index is 12.4. The first kappa shape index (κ1) is 12.2. The predicted molar refractivity (Wildman–Crippen MR) is 70.2 cm³/mol. The van der Waals surface area contributed by atoms with Crippen molar-refractivity contribution in [2.45, 2.75) is 17.7 Å². The highest BCUT2D eigenvalue weighted by Gasteiger charge is 2.45. The zero-order valence-corrected chi connectivity index (χ0v) is 11.0. The summed E-state index contributed by atoms with van der Waals surface area (Å²) in [7, 11) is 0. The summed E-state index contributed by atoms with van der Waals surface area (Å²) in [6.07, 6.45) is 2.22. The van der Waals surface area contributed by atoms with Crippen LogP contribution in [0, 0.1) is 5.41 Å². The molecular formula is C14H16O3S. The lowest BCUT2D eigenvalue weighted by Gasteiger charge is -2.38. The Morgan fingerprint density at radius 2 is 2.28 bits per heavy atom. The fourth-order valence-electron chi connectivity index (χ4n) is 2.45. The number of rotatable bonds is 3. The molecule has 0 bridgehead atoms. The Labute approximate surface area is 111 Å². The minimum absolute atomic E-state index is 0.0228. The van der Waals surface area contributed by atoms with Crippen LogP contribution in [0.4, 0.5) is 0 Å². The van der Waals surface area contributed by atoms with Gasteiger partial charge < -0.3 is 9.84 Å². The molecule has 0 atom stereocenters. The second kappa shape index (κ2) is 4.68. The molecule has 0 radical (unpaired) electrons. The fourth-order valence-corrected chi connectivity index (χ4v) is 3.47. The molecule has 4 heteroatoms. The van der Waals surface area contributed by atoms with Crippen LogP contribution in [0.5, 0.6) is 0 Å². The molecule has 18 heavy (non-hydrogen) atoms. The van der Waals surface area contributed by atoms with Crippen LogP contribution in [0.1, 0.15) is 22.3 Å². The third-order valence-electron chi connectivity index (χ3n) is 3.71. The monoisotopic (exact) mass is 264 g/mol. The van der Waals surface area contributed by atoms with Gasteiger partial charge >= 0.3 is 0 Å². The van der Waals surface area contributed by atoms with Gasteiger partial charge in [-0.2, -0.15) is 0 Å². The van der Waals surface area contributed by atoms with Crippen LogP contribution in [0.25, 0.3) is 0 Å². The standard InChI is InChI=1S/C14H16O3S/c15-7-14(8-17-9-14)13(16)11-3-4-12-10(6-11)2-1-5-18-12/h3-4,6,15H,1-2,5,7-9H2. The van der Waals surface area contributed by atoms with E-state index in [1.807, 2.05) is 30.0 Å². The van der Waals surface area contributed by atoms with E-state index in [1.54, 1.807) is 0 Å². The molecule has 1 N–H and O–H groups in total. The number of benzene rings is 1. The smallest absolute Gasteiger partial charge is 0.175 e. The Bertz CT molecular complexity index is 474. The number of carbonyl (C=O) groups is 1. The SMILES string of the molecule is O=C(c1ccc2c(c1)CCCS2)C1(CO)COC1. The third-order valence-corrected chi connectivity index (χ3v) is 4.91. The minimum Gasteiger partial charge on any atom is -0.395 e. The van der Waals surface area contributed by atoms with Crippen molar-refractivity contribution in [1.29, 1.82) is 0 Å². The van der Waals surface area contributed by atoms with Crippen LogP contribution in [0.2, 0.25) is 0 Å². The average molecular weight is 264 g/mol. The summed E-state index contributed by atoms with van der Waals surface area (Å²) in [5, 5.41) is 9.40. The summed E-state index contributed by atoms with van der Waals surface area (Å²) >= 11 is 1.86. The van der Waals surface area contributed by atoms with E-state index in [9.17, 15) is 9.90 Å². The topological polar surface area (TPSA) is 46.5 Å². The van der Waals surface area contributed by atoms with Gasteiger partial charge in [0.05, 0.1) is 19.8 Å². The Morgan fingerprint density at radius 1 is 1.44 bits per heavy atom. The number of aliphatic hydroxyl groups excluding tert-OH is 1. The first-order valence-corrected chi connectivity index (χ1v) is 7.23. The van der Waals surface area contributed by atoms with E-state index >= 15 is 0 Å². The lowest BCUT2D eigenvalue weighted by Crippen LogP contribution is -2.51. The Balaban J connectivity index is 1.90. The van der Waals surface area contributed by atoms with Crippen molar-refractivity contribution in [2.75, 3.05) is 25.6 Å². The van der Waals surface area contributed by atoms with Gasteiger partial charge in [-0.15, -0.1) is 11.8 Å². The molecule has 96 valence electrons. The maximum Gasteiger partial charge on any atom is 0.175 e. The zero-order chi connectivity index (χ0) is 12.6. The van der Waals surface area contributed by atoms with Gasteiger partial charge in [-0.05, 0) is 36.3 Å². The number of ketones is 1. The molecule has 0 amide bonds. The Hall–Kier alpha value is -0.840. The highest BCUT2D eigenvalue weighted by Crippen LogP contribution is 2.34. The first-order valence-electron chi connectivity index (χ1n) is 6.24. The van der Waals surface area contributed by atoms with Gasteiger partial charge in [0.25, 0.3) is 0 Å². The summed E-state index contributed by atoms with van der Waals surface area (Å²) in [5.74, 6) is 1.18. The lowest BCUT2D eigenvalue weighted by molar-refractivity contribution is -0.109. The minimum atomic E-state index is -0.684. The molecule has 3 nitrogen and oxygen atoms in total. The van der Waals surface area contributed by atoms with Crippen molar-refractivity contribution in [3.8, 4) is 0 Å². The number of aliphatic hydroxyl groups is 1. The highest BCUT2D eigenvalue weighted by molar-refractivity contribution is 7.99. The van der Waals surface area contributed by atoms with Crippen molar-refractivity contribution in [3.63, 3.8) is 0 Å². The molecule has 0 unspecified atom stereocenters. The van der Waals surface area contributed by atoms with Gasteiger partial charge in [0.2, 0.25) is 0 Å². The van der Waals surface area contributed by atoms with Crippen molar-refractivity contribution in [2.24, 2.45) is 5.41 Å². The molecule has 0 spiro atoms. The first-order chi connectivity index (χ1) is 8.75. The van der Waals surface area contributed by atoms with Gasteiger partial charge in [0.15, 0.2) is 5.78 Å². The molecule has 0 aliphatic carbocycles. The van der Waals surface area contributed by atoms with E-state index in [-0.39, 0.29) is 12.4 Å². The molecule has 1 aromatic carbocycles. The molecule has 0 aromatic heterocycles. The van der Waals surface area contributed by atoms with Gasteiger partial charge in [-0.25, -0.2) is 0 Å². The number of ether oxygens (including phenoxy) is 1. The van der Waals surface area contributed by atoms with Gasteiger partial charge in [-0.1, -0.05) is 6.07 Å². The van der Waals surface area contributed by atoms with E-state index in [2.05, 4.69) is 0 Å². The van der Waals surface area contributed by atoms with Crippen LogP contribution in [-0.4, -0.2) is 36.5 Å². The number of aryl methyl sites for hydroxylation is 1. The maximum atomic E-state index is 12.4. The van der Waals surface area contributed by atoms with Gasteiger partial charge in [0.1, 0.15) is 5.41 Å². The fraction of sp³-hybridized carbons (Fsp3) is 0.500. The molecule has 2 aliphatic rings. The predicted octanol–water partition coefficient (Wildman–Crippen LogP) is 1.92. The Kier molecular flexibility index (Phi) is 3.18. The summed E-state index contributed by atoms with van der Waals surface area (Å²) in [6.45, 7) is 0.556. The lowest BCUT2D eigenvalue weighted by atomic mass is 9.79. The van der Waals surface area contributed by atoms with E-state index in [4.69, 9.17) is 4.74 Å². The van der Waals surface area contributed by atoms with Crippen LogP contribution in [-0.2, 0) is 11.2 Å². The summed E-state index contributed by atoms with van der Waals surface area (Å²) in [6, 6.07) is 5.92. The van der Waals surface area contributed by atoms with Crippen molar-refractivity contribution in [1.82, 2.24) is 0 Å². The van der Waals surface area contributed by atoms with E-state index in [0.717, 1.165) is 12.2 Å². The number of carbonyl (C=O) groups excluding carboxylic acids is 1. The normalized spacial score (nSPS) is 20.9. The van der Waals surface area contributed by atoms with Crippen molar-refractivity contribution in [3.05, 3.63) is 29.3 Å². The zero-order valence-electron chi connectivity index (χ0n) is 10.1. The molecule has 1 aromatic rings. The van der Waals surface area contributed by atoms with Crippen LogP contribution < -0.4 is 0 Å². The number of hydrogen-bond acceptors (Lipinski definition) is 4. The molecule has 1 fully saturated rings. The van der Waals surface area contributed by atoms with Crippen LogP contribution in [0.15, 0.2) is 23.1 Å². The van der Waals surface area contributed by atoms with E-state index in [1.165, 1.54) is 16.9 Å². The average Bonchev–Trinajstić information content (AvgIpc) is 2.37. The van der Waals surface area contributed by atoms with Crippen molar-refractivity contribution < 1.29 is 14.6 Å². The summed E-state index contributed by atoms with van der Waals surface area (Å²) < 4.78 is 5.10. The van der Waals surface area contributed by atoms with Crippen molar-refractivity contribution >= 4 is 17.5 Å². The summed E-state index contributed by atoms with van der Waals surface area (Å²) in [4.78, 5) is 13.7. The number of fused-ring (bicyclic) bond motifs is 1. The molecule has 0 saturated carbocycles. The number of Topliss-reactive ketones (excluding diaryl/α,β-unsaturated/α-hetero) is 1. The third kappa shape index (κ3) is 1.88. The molecule has 2 heterocycles. The van der Waals surface area contributed by atoms with Crippen LogP contribution in [0.3, 0.4) is 0 Å². The molecule has 1 saturated heterocycles. The van der Waals surface area contributed by atoms with Crippen LogP contribution >= 0.6 is 11.8 Å². The Morgan fingerprint density at radius 3 is 2.94 bits per heavy atom. The largest absolute Gasteiger partial charge is 0.395 e. The molecule has 2 aliphatic heterocycles. The quantitative estimate of drug-likeness (QED) is 0.847. The molecular weight excluding hydrogens is 248 g/mol. The second-order valence-electron chi connectivity index (χ2n) is 5.03. The highest BCUT2D eigenvalue weighted by atomic mass is 32.2. The van der Waals surface area contributed by atoms with Gasteiger partial charge in [-0.3, -0.25) is 4.79 Å². The number of hydrogen-bond donors (Lipinski definition) is 1. The molecule has 3 rings (SSSR count). The second-order valence-corrected chi connectivity index (χ2v) is 6.17. The van der Waals surface area contributed by atoms with Gasteiger partial charge in [0, 0.05) is 10.5 Å². The number of thioether (sulfide) groups is 1. The summed E-state index contributed by atoms with van der Waals surface area (Å²) in [5.41, 5.74) is 1.30.